The van der Waals surface area contributed by atoms with E-state index in [1.165, 1.54) is 0 Å². The average molecular weight is 253 g/mol. The predicted molar refractivity (Wildman–Crippen MR) is 37.9 cm³/mol. The van der Waals surface area contributed by atoms with Gasteiger partial charge in [-0.05, 0) is 11.8 Å². The molecule has 2 rings (SSSR count). The normalized spacial score (nSPS) is 21.3. The van der Waals surface area contributed by atoms with Crippen LogP contribution in [-0.4, -0.2) is 32.1 Å². The number of aliphatic hydroxyl groups excluding tert-OH is 1. The number of halogens is 1. The van der Waals surface area contributed by atoms with E-state index in [0.29, 0.717) is 6.54 Å². The summed E-state index contributed by atoms with van der Waals surface area (Å²) in [6.45, 7) is 0.566. The van der Waals surface area contributed by atoms with E-state index in [2.05, 4.69) is 10.4 Å². The van der Waals surface area contributed by atoms with E-state index in [-0.39, 0.29) is 23.1 Å². The van der Waals surface area contributed by atoms with Gasteiger partial charge in [-0.3, -0.25) is 0 Å². The lowest BCUT2D eigenvalue weighted by molar-refractivity contribution is -0.766. The van der Waals surface area contributed by atoms with Crippen molar-refractivity contribution in [3.8, 4) is 0 Å². The standard InChI is InChI=1S/C5H9N4OS.BrH/c1-8-5-9(7-6-8)2-4(10)3-11-5;/h4,10H,2-3H2,1H3;1H/q+1;/p-1/t4-;/m1./s1. The van der Waals surface area contributed by atoms with Gasteiger partial charge in [0.2, 0.25) is 0 Å². The van der Waals surface area contributed by atoms with Crippen molar-refractivity contribution in [2.24, 2.45) is 7.05 Å². The number of tetrazole rings is 1. The Labute approximate surface area is 84.5 Å². The van der Waals surface area contributed by atoms with Gasteiger partial charge in [0.05, 0.1) is 13.2 Å². The zero-order valence-corrected chi connectivity index (χ0v) is 8.92. The molecule has 1 atom stereocenters. The van der Waals surface area contributed by atoms with E-state index >= 15 is 0 Å². The maximum absolute atomic E-state index is 9.25. The molecule has 0 bridgehead atoms. The SMILES string of the molecule is C[n+]1nnn2c1SC[C@H](O)C2.[Br-]. The summed E-state index contributed by atoms with van der Waals surface area (Å²) in [7, 11) is 1.85. The Morgan fingerprint density at radius 3 is 3.25 bits per heavy atom. The highest BCUT2D eigenvalue weighted by Crippen LogP contribution is 2.18. The van der Waals surface area contributed by atoms with Crippen LogP contribution < -0.4 is 21.7 Å². The van der Waals surface area contributed by atoms with Gasteiger partial charge >= 0.3 is 5.16 Å². The Morgan fingerprint density at radius 1 is 1.75 bits per heavy atom. The average Bonchev–Trinajstić information content (AvgIpc) is 2.32. The minimum absolute atomic E-state index is 0. The Balaban J connectivity index is 0.000000720. The quantitative estimate of drug-likeness (QED) is 0.474. The van der Waals surface area contributed by atoms with E-state index in [0.717, 1.165) is 10.9 Å². The van der Waals surface area contributed by atoms with Gasteiger partial charge in [-0.2, -0.15) is 0 Å². The number of thioether (sulfide) groups is 1. The summed E-state index contributed by atoms with van der Waals surface area (Å²) in [5.41, 5.74) is 0. The predicted octanol–water partition coefficient (Wildman–Crippen LogP) is -4.43. The van der Waals surface area contributed by atoms with Crippen molar-refractivity contribution >= 4 is 11.8 Å². The van der Waals surface area contributed by atoms with E-state index in [1.807, 2.05) is 7.05 Å². The van der Waals surface area contributed by atoms with Crippen LogP contribution in [0.25, 0.3) is 0 Å². The first-order valence-electron chi connectivity index (χ1n) is 3.38. The van der Waals surface area contributed by atoms with Crippen LogP contribution in [0.3, 0.4) is 0 Å². The van der Waals surface area contributed by atoms with Gasteiger partial charge in [0.1, 0.15) is 11.8 Å². The minimum Gasteiger partial charge on any atom is -1.00 e. The first kappa shape index (κ1) is 9.94. The van der Waals surface area contributed by atoms with Gasteiger partial charge in [0, 0.05) is 5.75 Å². The monoisotopic (exact) mass is 252 g/mol. The Kier molecular flexibility index (Phi) is 3.08. The van der Waals surface area contributed by atoms with Crippen LogP contribution in [0.4, 0.5) is 0 Å². The van der Waals surface area contributed by atoms with Gasteiger partial charge in [-0.15, -0.1) is 4.68 Å². The Hall–Kier alpha value is -0.140. The molecule has 1 aliphatic rings. The highest BCUT2D eigenvalue weighted by atomic mass is 79.9. The van der Waals surface area contributed by atoms with Crippen molar-refractivity contribution in [1.82, 2.24) is 15.1 Å². The molecule has 1 N–H and O–H groups in total. The molecule has 5 nitrogen and oxygen atoms in total. The summed E-state index contributed by atoms with van der Waals surface area (Å²) in [5.74, 6) is 0.737. The molecule has 0 saturated heterocycles. The third kappa shape index (κ3) is 1.62. The van der Waals surface area contributed by atoms with Gasteiger partial charge in [0.15, 0.2) is 5.21 Å². The molecule has 0 saturated carbocycles. The smallest absolute Gasteiger partial charge is 0.317 e. The summed E-state index contributed by atoms with van der Waals surface area (Å²) in [4.78, 5) is 0. The summed E-state index contributed by atoms with van der Waals surface area (Å²) in [6, 6.07) is 0. The van der Waals surface area contributed by atoms with Crippen LogP contribution in [-0.2, 0) is 13.6 Å². The van der Waals surface area contributed by atoms with Crippen molar-refractivity contribution in [3.63, 3.8) is 0 Å². The van der Waals surface area contributed by atoms with Crippen LogP contribution >= 0.6 is 11.8 Å². The van der Waals surface area contributed by atoms with Crippen LogP contribution in [0, 0.1) is 0 Å². The fraction of sp³-hybridized carbons (Fsp3) is 0.800. The fourth-order valence-electron chi connectivity index (χ4n) is 1.06. The molecule has 0 aromatic carbocycles. The first-order chi connectivity index (χ1) is 5.27. The second kappa shape index (κ2) is 3.71. The maximum atomic E-state index is 9.25. The minimum atomic E-state index is -0.283. The molecule has 12 heavy (non-hydrogen) atoms. The van der Waals surface area contributed by atoms with Gasteiger partial charge in [0.25, 0.3) is 0 Å². The van der Waals surface area contributed by atoms with Gasteiger partial charge in [-0.25, -0.2) is 0 Å². The summed E-state index contributed by atoms with van der Waals surface area (Å²) in [6.07, 6.45) is -0.283. The van der Waals surface area contributed by atoms with Gasteiger partial charge in [-0.1, -0.05) is 4.68 Å². The van der Waals surface area contributed by atoms with Crippen LogP contribution in [0.1, 0.15) is 0 Å². The van der Waals surface area contributed by atoms with Crippen LogP contribution in [0.5, 0.6) is 0 Å². The van der Waals surface area contributed by atoms with Crippen molar-refractivity contribution in [3.05, 3.63) is 0 Å². The molecular weight excluding hydrogens is 244 g/mol. The highest BCUT2D eigenvalue weighted by molar-refractivity contribution is 7.99. The molecule has 0 spiro atoms. The lowest BCUT2D eigenvalue weighted by atomic mass is 10.4. The van der Waals surface area contributed by atoms with E-state index in [4.69, 9.17) is 0 Å². The largest absolute Gasteiger partial charge is 1.00 e. The van der Waals surface area contributed by atoms with Crippen LogP contribution in [0.2, 0.25) is 0 Å². The maximum Gasteiger partial charge on any atom is 0.317 e. The number of hydrogen-bond acceptors (Lipinski definition) is 4. The zero-order valence-electron chi connectivity index (χ0n) is 6.51. The van der Waals surface area contributed by atoms with E-state index in [1.54, 1.807) is 21.1 Å². The first-order valence-corrected chi connectivity index (χ1v) is 4.36. The second-order valence-electron chi connectivity index (χ2n) is 2.53. The highest BCUT2D eigenvalue weighted by Gasteiger charge is 2.27. The molecule has 0 amide bonds. The lowest BCUT2D eigenvalue weighted by Gasteiger charge is -2.10. The van der Waals surface area contributed by atoms with Crippen molar-refractivity contribution in [2.45, 2.75) is 17.8 Å². The molecule has 2 heterocycles. The lowest BCUT2D eigenvalue weighted by Crippen LogP contribution is -3.00. The number of fused-ring (bicyclic) bond motifs is 1. The van der Waals surface area contributed by atoms with Crippen molar-refractivity contribution in [2.75, 3.05) is 5.75 Å². The topological polar surface area (TPSA) is 54.8 Å². The molecule has 0 unspecified atom stereocenters. The molecule has 0 aliphatic carbocycles. The van der Waals surface area contributed by atoms with E-state index in [9.17, 15) is 5.11 Å². The van der Waals surface area contributed by atoms with Gasteiger partial charge < -0.3 is 22.1 Å². The van der Waals surface area contributed by atoms with Crippen molar-refractivity contribution < 1.29 is 26.8 Å². The fourth-order valence-corrected chi connectivity index (χ4v) is 1.99. The number of aliphatic hydroxyl groups is 1. The van der Waals surface area contributed by atoms with Crippen LogP contribution in [0.15, 0.2) is 5.16 Å². The number of aryl methyl sites for hydroxylation is 1. The van der Waals surface area contributed by atoms with Crippen molar-refractivity contribution in [1.29, 1.82) is 0 Å². The number of hydrogen-bond donors (Lipinski definition) is 1. The van der Waals surface area contributed by atoms with E-state index < -0.39 is 0 Å². The number of aromatic nitrogens is 4. The molecule has 1 aromatic rings. The molecule has 1 aromatic heterocycles. The third-order valence-electron chi connectivity index (χ3n) is 1.57. The molecule has 0 radical (unpaired) electrons. The molecule has 68 valence electrons. The molecular formula is C5H9BrN4OS. The molecule has 0 fully saturated rings. The Bertz CT molecular complexity index is 278. The Morgan fingerprint density at radius 2 is 2.50 bits per heavy atom. The number of nitrogens with zero attached hydrogens (tertiary/aromatic N) is 4. The summed E-state index contributed by atoms with van der Waals surface area (Å²) < 4.78 is 3.44. The zero-order chi connectivity index (χ0) is 7.84. The third-order valence-corrected chi connectivity index (χ3v) is 2.85. The molecule has 1 aliphatic heterocycles. The summed E-state index contributed by atoms with van der Waals surface area (Å²) >= 11 is 1.58. The number of rotatable bonds is 0. The second-order valence-corrected chi connectivity index (χ2v) is 3.52. The molecule has 7 heteroatoms. The summed E-state index contributed by atoms with van der Waals surface area (Å²) in [5, 5.41) is 17.9.